The molecule has 0 saturated heterocycles. The molecule has 0 bridgehead atoms. The molecule has 0 atom stereocenters. The first-order valence-corrected chi connectivity index (χ1v) is 14.3. The molecule has 3 aromatic carbocycles. The fourth-order valence-corrected chi connectivity index (χ4v) is 2.97. The molecule has 0 amide bonds. The van der Waals surface area contributed by atoms with Crippen molar-refractivity contribution in [1.82, 2.24) is 0 Å². The molecule has 0 saturated carbocycles. The predicted molar refractivity (Wildman–Crippen MR) is 189 cm³/mol. The Morgan fingerprint density at radius 1 is 0.778 bits per heavy atom. The third-order valence-electron chi connectivity index (χ3n) is 5.04. The van der Waals surface area contributed by atoms with Gasteiger partial charge in [-0.25, -0.2) is 18.9 Å². The molecule has 0 aromatic heterocycles. The van der Waals surface area contributed by atoms with E-state index in [2.05, 4.69) is 24.6 Å². The van der Waals surface area contributed by atoms with Gasteiger partial charge in [-0.2, -0.15) is 26.3 Å². The predicted octanol–water partition coefficient (Wildman–Crippen LogP) is 9.37. The first-order valence-electron chi connectivity index (χ1n) is 14.3. The Morgan fingerprint density at radius 3 is 1.48 bits per heavy atom. The summed E-state index contributed by atoms with van der Waals surface area (Å²) in [5.74, 6) is -1.19. The number of nitrogens with one attached hydrogen (secondary N) is 2. The highest BCUT2D eigenvalue weighted by Crippen LogP contribution is 2.30. The summed E-state index contributed by atoms with van der Waals surface area (Å²) in [6.07, 6.45) is -8.79. The zero-order chi connectivity index (χ0) is 41.4. The standard InChI is InChI=1S/C9H6F3N3O2.C9H8F3N3.C7H3FN2O2.C4H8O2.C2H7N.CH4/c1-13-6-2-3-8(15(16)17)7(4-6)14-5-9(10,11)12;1-14-6-2-3-7(13)8(4-6)15-5-9(10,11)12;1-9-5-2-3-7(10(11)12)6(8)4-5;1-3-6-4(2)5;1-2-3;/h2-4,14H,5H2;2-4,15H,5,13H2;2-4H;3H2,1-2H3;2-3H2,1H3;1H4. The lowest BCUT2D eigenvalue weighted by molar-refractivity contribution is -0.387. The molecule has 6 N–H and O–H groups in total. The number of anilines is 3. The molecule has 0 radical (unpaired) electrons. The summed E-state index contributed by atoms with van der Waals surface area (Å²) in [5, 5.41) is 24.7. The zero-order valence-electron chi connectivity index (χ0n) is 28.0. The summed E-state index contributed by atoms with van der Waals surface area (Å²) in [5.41, 5.74) is 9.50. The van der Waals surface area contributed by atoms with Crippen molar-refractivity contribution in [3.8, 4) is 0 Å². The highest BCUT2D eigenvalue weighted by Gasteiger charge is 2.28. The number of nitro benzene ring substituents is 2. The Bertz CT molecular complexity index is 1790. The summed E-state index contributed by atoms with van der Waals surface area (Å²) in [6.45, 7) is 23.6. The van der Waals surface area contributed by atoms with Gasteiger partial charge in [0.05, 0.1) is 41.9 Å². The normalized spacial score (nSPS) is 9.56. The molecule has 22 heteroatoms. The van der Waals surface area contributed by atoms with E-state index in [4.69, 9.17) is 31.2 Å². The third kappa shape index (κ3) is 23.6. The van der Waals surface area contributed by atoms with Gasteiger partial charge in [-0.05, 0) is 49.9 Å². The van der Waals surface area contributed by atoms with Crippen LogP contribution < -0.4 is 22.1 Å². The number of rotatable bonds is 7. The summed E-state index contributed by atoms with van der Waals surface area (Å²) in [7, 11) is 0. The Hall–Kier alpha value is -6.73. The van der Waals surface area contributed by atoms with E-state index >= 15 is 0 Å². The van der Waals surface area contributed by atoms with Crippen LogP contribution in [0, 0.1) is 45.8 Å². The van der Waals surface area contributed by atoms with E-state index in [0.29, 0.717) is 6.61 Å². The van der Waals surface area contributed by atoms with E-state index in [-0.39, 0.29) is 47.5 Å². The topological polar surface area (TPSA) is 202 Å². The van der Waals surface area contributed by atoms with E-state index in [1.54, 1.807) is 6.92 Å². The first kappa shape index (κ1) is 51.6. The van der Waals surface area contributed by atoms with Crippen LogP contribution in [0.4, 0.5) is 76.2 Å². The van der Waals surface area contributed by atoms with Gasteiger partial charge in [-0.1, -0.05) is 20.4 Å². The second-order valence-corrected chi connectivity index (χ2v) is 9.23. The van der Waals surface area contributed by atoms with E-state index in [1.165, 1.54) is 37.3 Å². The van der Waals surface area contributed by atoms with E-state index < -0.39 is 52.5 Å². The minimum absolute atomic E-state index is 0. The number of halogens is 7. The molecule has 0 aliphatic heterocycles. The van der Waals surface area contributed by atoms with Gasteiger partial charge in [0.1, 0.15) is 18.8 Å². The number of esters is 1. The highest BCUT2D eigenvalue weighted by molar-refractivity contribution is 5.72. The average molecular weight is 776 g/mol. The van der Waals surface area contributed by atoms with Crippen LogP contribution in [0.25, 0.3) is 14.5 Å². The van der Waals surface area contributed by atoms with Crippen molar-refractivity contribution in [3.05, 3.63) is 115 Å². The monoisotopic (exact) mass is 775 g/mol. The van der Waals surface area contributed by atoms with Crippen LogP contribution in [0.5, 0.6) is 0 Å². The zero-order valence-corrected chi connectivity index (χ0v) is 28.0. The number of benzene rings is 3. The van der Waals surface area contributed by atoms with Gasteiger partial charge in [0.25, 0.3) is 5.69 Å². The van der Waals surface area contributed by atoms with Gasteiger partial charge in [0.15, 0.2) is 22.9 Å². The van der Waals surface area contributed by atoms with Crippen LogP contribution in [0.1, 0.15) is 28.2 Å². The minimum atomic E-state index is -4.48. The fourth-order valence-electron chi connectivity index (χ4n) is 2.97. The molecular formula is C32H36F7N9O6. The van der Waals surface area contributed by atoms with E-state index in [9.17, 15) is 55.8 Å². The van der Waals surface area contributed by atoms with Crippen LogP contribution >= 0.6 is 0 Å². The van der Waals surface area contributed by atoms with Crippen LogP contribution in [0.2, 0.25) is 0 Å². The Kier molecular flexibility index (Phi) is 25.0. The van der Waals surface area contributed by atoms with Crippen molar-refractivity contribution < 1.29 is 50.1 Å². The fraction of sp³-hybridized carbons (Fsp3) is 0.312. The molecule has 0 unspecified atom stereocenters. The average Bonchev–Trinajstić information content (AvgIpc) is 3.07. The number of carbonyl (C=O) groups is 1. The highest BCUT2D eigenvalue weighted by atomic mass is 19.4. The van der Waals surface area contributed by atoms with Crippen molar-refractivity contribution >= 4 is 51.5 Å². The largest absolute Gasteiger partial charge is 0.466 e. The Morgan fingerprint density at radius 2 is 1.15 bits per heavy atom. The molecule has 0 spiro atoms. The van der Waals surface area contributed by atoms with Crippen LogP contribution in [-0.4, -0.2) is 54.4 Å². The molecule has 294 valence electrons. The number of carbonyl (C=O) groups excluding carboxylic acids is 1. The molecule has 3 aromatic rings. The third-order valence-corrected chi connectivity index (χ3v) is 5.04. The number of alkyl halides is 6. The maximum atomic E-state index is 12.7. The van der Waals surface area contributed by atoms with Crippen molar-refractivity contribution in [2.45, 2.75) is 40.6 Å². The van der Waals surface area contributed by atoms with Crippen molar-refractivity contribution in [3.63, 3.8) is 0 Å². The molecule has 0 fully saturated rings. The number of ether oxygens (including phenoxy) is 1. The van der Waals surface area contributed by atoms with E-state index in [0.717, 1.165) is 30.8 Å². The second kappa shape index (κ2) is 26.1. The molecule has 0 heterocycles. The van der Waals surface area contributed by atoms with Crippen molar-refractivity contribution in [2.24, 2.45) is 5.73 Å². The molecule has 0 aliphatic carbocycles. The second-order valence-electron chi connectivity index (χ2n) is 9.23. The van der Waals surface area contributed by atoms with Crippen LogP contribution in [0.3, 0.4) is 0 Å². The summed E-state index contributed by atoms with van der Waals surface area (Å²) in [6, 6.07) is 10.3. The first-order chi connectivity index (χ1) is 24.6. The smallest absolute Gasteiger partial charge is 0.405 e. The van der Waals surface area contributed by atoms with Crippen molar-refractivity contribution in [1.29, 1.82) is 0 Å². The minimum Gasteiger partial charge on any atom is -0.466 e. The number of hydrogen-bond acceptors (Lipinski definition) is 10. The van der Waals surface area contributed by atoms with Gasteiger partial charge in [0, 0.05) is 24.7 Å². The van der Waals surface area contributed by atoms with Crippen LogP contribution in [-0.2, 0) is 9.53 Å². The van der Waals surface area contributed by atoms with E-state index in [1.807, 2.05) is 12.2 Å². The van der Waals surface area contributed by atoms with Crippen molar-refractivity contribution in [2.75, 3.05) is 42.6 Å². The SMILES string of the molecule is C.CCN.CCOC(C)=O.[C-]#[N+]c1ccc(N)c(NCC(F)(F)F)c1.[C-]#[N+]c1ccc([N+](=O)[O-])c(F)c1.[C-]#[N+]c1ccc([N+](=O)[O-])c(NCC(F)(F)F)c1. The van der Waals surface area contributed by atoms with Gasteiger partial charge in [-0.3, -0.25) is 25.0 Å². The summed E-state index contributed by atoms with van der Waals surface area (Å²) >= 11 is 0. The lowest BCUT2D eigenvalue weighted by atomic mass is 10.2. The quantitative estimate of drug-likeness (QED) is 0.0447. The van der Waals surface area contributed by atoms with Crippen LogP contribution in [0.15, 0.2) is 54.6 Å². The number of nitrogens with two attached hydrogens (primary N) is 2. The molecule has 0 aliphatic rings. The maximum Gasteiger partial charge on any atom is 0.405 e. The Labute approximate surface area is 305 Å². The molecular weight excluding hydrogens is 739 g/mol. The number of hydrogen-bond donors (Lipinski definition) is 4. The number of nitro groups is 2. The van der Waals surface area contributed by atoms with Gasteiger partial charge >= 0.3 is 24.0 Å². The molecule has 3 rings (SSSR count). The lowest BCUT2D eigenvalue weighted by Gasteiger charge is -2.11. The molecule has 54 heavy (non-hydrogen) atoms. The Balaban J connectivity index is -0.000000649. The number of nitrogen functional groups attached to an aromatic ring is 1. The lowest BCUT2D eigenvalue weighted by Crippen LogP contribution is -2.21. The number of nitrogens with zero attached hydrogens (tertiary/aromatic N) is 5. The maximum absolute atomic E-state index is 12.7. The summed E-state index contributed by atoms with van der Waals surface area (Å²) < 4.78 is 88.7. The van der Waals surface area contributed by atoms with Gasteiger partial charge in [-0.15, -0.1) is 0 Å². The summed E-state index contributed by atoms with van der Waals surface area (Å²) in [4.78, 5) is 37.8. The molecule has 15 nitrogen and oxygen atoms in total. The van der Waals surface area contributed by atoms with Gasteiger partial charge < -0.3 is 26.8 Å². The van der Waals surface area contributed by atoms with Gasteiger partial charge in [0.2, 0.25) is 0 Å².